The fourth-order valence-corrected chi connectivity index (χ4v) is 5.59. The summed E-state index contributed by atoms with van der Waals surface area (Å²) < 4.78 is 23.3. The van der Waals surface area contributed by atoms with Crippen molar-refractivity contribution in [1.29, 1.82) is 0 Å². The number of likely N-dealkylation sites (tertiary alicyclic amines) is 2. The lowest BCUT2D eigenvalue weighted by atomic mass is 9.77. The zero-order valence-electron chi connectivity index (χ0n) is 18.7. The van der Waals surface area contributed by atoms with Crippen molar-refractivity contribution in [2.75, 3.05) is 32.4 Å². The molecule has 2 aliphatic heterocycles. The van der Waals surface area contributed by atoms with E-state index in [9.17, 15) is 13.2 Å². The van der Waals surface area contributed by atoms with Crippen molar-refractivity contribution >= 4 is 15.7 Å². The van der Waals surface area contributed by atoms with Gasteiger partial charge in [-0.15, -0.1) is 0 Å². The van der Waals surface area contributed by atoms with Crippen LogP contribution in [0.3, 0.4) is 0 Å². The smallest absolute Gasteiger partial charge is 0.229 e. The number of carbonyl (C=O) groups is 1. The van der Waals surface area contributed by atoms with Gasteiger partial charge in [-0.3, -0.25) is 4.79 Å². The molecule has 6 nitrogen and oxygen atoms in total. The summed E-state index contributed by atoms with van der Waals surface area (Å²) in [6, 6.07) is 17.1. The lowest BCUT2D eigenvalue weighted by Gasteiger charge is -2.38. The number of hydrogen-bond donors (Lipinski definition) is 1. The van der Waals surface area contributed by atoms with Crippen molar-refractivity contribution in [3.05, 3.63) is 65.7 Å². The number of sulfone groups is 1. The monoisotopic (exact) mass is 455 g/mol. The van der Waals surface area contributed by atoms with E-state index in [0.717, 1.165) is 57.4 Å². The zero-order valence-corrected chi connectivity index (χ0v) is 19.6. The largest absolute Gasteiger partial charge is 0.338 e. The first-order valence-corrected chi connectivity index (χ1v) is 13.3. The van der Waals surface area contributed by atoms with Gasteiger partial charge in [0.25, 0.3) is 0 Å². The Morgan fingerprint density at radius 2 is 1.59 bits per heavy atom. The Balaban J connectivity index is 1.28. The number of benzene rings is 2. The minimum absolute atomic E-state index is 0.0461. The molecule has 2 fully saturated rings. The van der Waals surface area contributed by atoms with Gasteiger partial charge in [0.1, 0.15) is 0 Å². The van der Waals surface area contributed by atoms with Crippen molar-refractivity contribution in [2.24, 2.45) is 11.1 Å². The third-order valence-corrected chi connectivity index (χ3v) is 8.25. The van der Waals surface area contributed by atoms with Gasteiger partial charge >= 0.3 is 0 Å². The normalized spacial score (nSPS) is 20.1. The van der Waals surface area contributed by atoms with E-state index in [1.807, 2.05) is 35.2 Å². The number of piperidine rings is 1. The van der Waals surface area contributed by atoms with Gasteiger partial charge in [-0.05, 0) is 68.6 Å². The first kappa shape index (κ1) is 23.0. The van der Waals surface area contributed by atoms with Crippen molar-refractivity contribution in [3.63, 3.8) is 0 Å². The van der Waals surface area contributed by atoms with E-state index in [-0.39, 0.29) is 17.4 Å². The van der Waals surface area contributed by atoms with Gasteiger partial charge in [0.2, 0.25) is 5.91 Å². The fourth-order valence-electron chi connectivity index (χ4n) is 4.96. The Hall–Kier alpha value is -2.22. The minimum Gasteiger partial charge on any atom is -0.338 e. The molecule has 2 aromatic carbocycles. The van der Waals surface area contributed by atoms with E-state index < -0.39 is 9.84 Å². The molecule has 0 bridgehead atoms. The molecule has 0 saturated carbocycles. The van der Waals surface area contributed by atoms with Gasteiger partial charge in [0.05, 0.1) is 10.3 Å². The average molecular weight is 456 g/mol. The predicted molar refractivity (Wildman–Crippen MR) is 126 cm³/mol. The van der Waals surface area contributed by atoms with Gasteiger partial charge in [0.15, 0.2) is 9.84 Å². The second kappa shape index (κ2) is 9.33. The number of hydrogen-bond acceptors (Lipinski definition) is 5. The molecule has 2 aliphatic rings. The number of nitrogens with zero attached hydrogens (tertiary/aromatic N) is 2. The van der Waals surface area contributed by atoms with E-state index in [4.69, 9.17) is 5.73 Å². The Morgan fingerprint density at radius 1 is 0.969 bits per heavy atom. The molecule has 172 valence electrons. The highest BCUT2D eigenvalue weighted by atomic mass is 32.2. The van der Waals surface area contributed by atoms with Gasteiger partial charge in [-0.1, -0.05) is 42.5 Å². The lowest BCUT2D eigenvalue weighted by Crippen LogP contribution is -2.45. The van der Waals surface area contributed by atoms with Crippen LogP contribution in [0.25, 0.3) is 0 Å². The molecule has 1 spiro atoms. The summed E-state index contributed by atoms with van der Waals surface area (Å²) in [6.07, 6.45) is 4.83. The van der Waals surface area contributed by atoms with Crippen LogP contribution in [0.15, 0.2) is 59.5 Å². The molecule has 1 atom stereocenters. The van der Waals surface area contributed by atoms with Crippen LogP contribution in [0.4, 0.5) is 0 Å². The molecule has 1 unspecified atom stereocenters. The Labute approximate surface area is 191 Å². The molecule has 2 N–H and O–H groups in total. The predicted octanol–water partition coefficient (Wildman–Crippen LogP) is 2.99. The number of rotatable bonds is 7. The van der Waals surface area contributed by atoms with Crippen molar-refractivity contribution in [1.82, 2.24) is 9.80 Å². The van der Waals surface area contributed by atoms with Crippen molar-refractivity contribution in [3.8, 4) is 0 Å². The Bertz CT molecular complexity index is 1030. The Kier molecular flexibility index (Phi) is 6.70. The summed E-state index contributed by atoms with van der Waals surface area (Å²) in [4.78, 5) is 18.0. The van der Waals surface area contributed by atoms with Crippen LogP contribution >= 0.6 is 0 Å². The minimum atomic E-state index is -3.20. The van der Waals surface area contributed by atoms with Crippen molar-refractivity contribution in [2.45, 2.75) is 43.2 Å². The van der Waals surface area contributed by atoms with Crippen LogP contribution in [0.2, 0.25) is 0 Å². The molecular weight excluding hydrogens is 422 g/mol. The van der Waals surface area contributed by atoms with Crippen LogP contribution in [-0.4, -0.2) is 56.6 Å². The SMILES string of the molecule is CS(=O)(=O)c1ccc(CN2CCC3(CCN(CCC(N)c4ccccc4)CC3)C2=O)cc1. The first-order chi connectivity index (χ1) is 15.3. The number of amides is 1. The highest BCUT2D eigenvalue weighted by Crippen LogP contribution is 2.42. The van der Waals surface area contributed by atoms with Crippen LogP contribution < -0.4 is 5.73 Å². The molecule has 0 aliphatic carbocycles. The second-order valence-corrected chi connectivity index (χ2v) is 11.3. The van der Waals surface area contributed by atoms with E-state index in [2.05, 4.69) is 17.0 Å². The zero-order chi connectivity index (χ0) is 22.8. The summed E-state index contributed by atoms with van der Waals surface area (Å²) in [5.41, 5.74) is 8.26. The maximum atomic E-state index is 13.3. The number of carbonyl (C=O) groups excluding carboxylic acids is 1. The maximum Gasteiger partial charge on any atom is 0.229 e. The molecule has 2 heterocycles. The molecule has 1 amide bonds. The van der Waals surface area contributed by atoms with Crippen LogP contribution in [0, 0.1) is 5.41 Å². The molecule has 0 aromatic heterocycles. The number of nitrogens with two attached hydrogens (primary N) is 1. The quantitative estimate of drug-likeness (QED) is 0.694. The summed E-state index contributed by atoms with van der Waals surface area (Å²) in [6.45, 7) is 4.14. The van der Waals surface area contributed by atoms with Crippen molar-refractivity contribution < 1.29 is 13.2 Å². The summed E-state index contributed by atoms with van der Waals surface area (Å²) in [5.74, 6) is 0.255. The summed E-state index contributed by atoms with van der Waals surface area (Å²) in [5, 5.41) is 0. The first-order valence-electron chi connectivity index (χ1n) is 11.4. The highest BCUT2D eigenvalue weighted by molar-refractivity contribution is 7.90. The summed E-state index contributed by atoms with van der Waals surface area (Å²) in [7, 11) is -3.20. The van der Waals surface area contributed by atoms with E-state index in [1.54, 1.807) is 12.1 Å². The molecule has 32 heavy (non-hydrogen) atoms. The third kappa shape index (κ3) is 5.05. The van der Waals surface area contributed by atoms with Gasteiger partial charge in [-0.2, -0.15) is 0 Å². The summed E-state index contributed by atoms with van der Waals surface area (Å²) >= 11 is 0. The standard InChI is InChI=1S/C25H33N3O3S/c1-32(30,31)22-9-7-20(8-10-22)19-28-18-14-25(24(28)29)12-16-27(17-13-25)15-11-23(26)21-5-3-2-4-6-21/h2-10,23H,11-19,26H2,1H3. The lowest BCUT2D eigenvalue weighted by molar-refractivity contribution is -0.138. The van der Waals surface area contributed by atoms with Gasteiger partial charge < -0.3 is 15.5 Å². The van der Waals surface area contributed by atoms with E-state index in [1.165, 1.54) is 11.8 Å². The molecular formula is C25H33N3O3S. The van der Waals surface area contributed by atoms with Crippen LogP contribution in [0.1, 0.15) is 42.9 Å². The third-order valence-electron chi connectivity index (χ3n) is 7.12. The Morgan fingerprint density at radius 3 is 2.22 bits per heavy atom. The fraction of sp³-hybridized carbons (Fsp3) is 0.480. The van der Waals surface area contributed by atoms with E-state index >= 15 is 0 Å². The molecule has 0 radical (unpaired) electrons. The highest BCUT2D eigenvalue weighted by Gasteiger charge is 2.47. The molecule has 4 rings (SSSR count). The maximum absolute atomic E-state index is 13.3. The van der Waals surface area contributed by atoms with Gasteiger partial charge in [0, 0.05) is 25.4 Å². The van der Waals surface area contributed by atoms with Crippen LogP contribution in [-0.2, 0) is 21.2 Å². The van der Waals surface area contributed by atoms with Crippen LogP contribution in [0.5, 0.6) is 0 Å². The molecule has 2 saturated heterocycles. The molecule has 7 heteroatoms. The van der Waals surface area contributed by atoms with Gasteiger partial charge in [-0.25, -0.2) is 8.42 Å². The molecule has 2 aromatic rings. The second-order valence-electron chi connectivity index (χ2n) is 9.32. The van der Waals surface area contributed by atoms with E-state index in [0.29, 0.717) is 11.4 Å². The average Bonchev–Trinajstić information content (AvgIpc) is 3.08. The topological polar surface area (TPSA) is 83.7 Å².